The zero-order valence-corrected chi connectivity index (χ0v) is 21.8. The first kappa shape index (κ1) is 26.4. The average molecular weight is 472 g/mol. The van der Waals surface area contributed by atoms with Crippen LogP contribution >= 0.6 is 0 Å². The lowest BCUT2D eigenvalue weighted by molar-refractivity contribution is -0.163. The third kappa shape index (κ3) is 6.08. The van der Waals surface area contributed by atoms with Crippen molar-refractivity contribution >= 4 is 5.97 Å². The van der Waals surface area contributed by atoms with Crippen molar-refractivity contribution in [3.8, 4) is 11.5 Å². The van der Waals surface area contributed by atoms with Crippen molar-refractivity contribution in [3.05, 3.63) is 41.3 Å². The van der Waals surface area contributed by atoms with Crippen LogP contribution in [0.1, 0.15) is 90.3 Å². The van der Waals surface area contributed by atoms with Gasteiger partial charge in [-0.05, 0) is 68.1 Å². The lowest BCUT2D eigenvalue weighted by Gasteiger charge is -2.34. The van der Waals surface area contributed by atoms with Crippen LogP contribution in [0.15, 0.2) is 28.7 Å². The largest absolute Gasteiger partial charge is 0.479 e. The smallest absolute Gasteiger partial charge is 0.335 e. The molecule has 0 spiro atoms. The Morgan fingerprint density at radius 3 is 2.41 bits per heavy atom. The van der Waals surface area contributed by atoms with E-state index in [1.807, 2.05) is 0 Å². The van der Waals surface area contributed by atoms with Gasteiger partial charge in [0.05, 0.1) is 6.61 Å². The van der Waals surface area contributed by atoms with Crippen LogP contribution < -0.4 is 0 Å². The van der Waals surface area contributed by atoms with Gasteiger partial charge in [0.25, 0.3) is 0 Å². The molecule has 188 valence electrons. The normalized spacial score (nSPS) is 20.3. The van der Waals surface area contributed by atoms with Crippen LogP contribution in [0.2, 0.25) is 0 Å². The first-order valence-electron chi connectivity index (χ1n) is 12.5. The van der Waals surface area contributed by atoms with Gasteiger partial charge >= 0.3 is 5.97 Å². The van der Waals surface area contributed by atoms with E-state index in [2.05, 4.69) is 52.0 Å². The number of aliphatic carboxylic acids is 1. The third-order valence-corrected chi connectivity index (χ3v) is 7.02. The number of carboxylic acids is 1. The minimum Gasteiger partial charge on any atom is -0.479 e. The Kier molecular flexibility index (Phi) is 8.25. The van der Waals surface area contributed by atoms with Crippen molar-refractivity contribution in [1.82, 2.24) is 4.98 Å². The highest BCUT2D eigenvalue weighted by atomic mass is 16.5. The van der Waals surface area contributed by atoms with Gasteiger partial charge in [-0.1, -0.05) is 46.2 Å². The molecule has 6 heteroatoms. The van der Waals surface area contributed by atoms with Crippen molar-refractivity contribution in [1.29, 1.82) is 0 Å². The molecule has 0 saturated heterocycles. The maximum absolute atomic E-state index is 11.4. The van der Waals surface area contributed by atoms with Gasteiger partial charge < -0.3 is 19.0 Å². The SMILES string of the molecule is CCc1oc(-c2ccc(C(C)(C)C)cc2)nc1C(OC)[C@@H]1CCC[C@H](COC(C)(C)C(=O)O)C1. The number of hydrogen-bond acceptors (Lipinski definition) is 5. The Hall–Kier alpha value is -2.18. The Labute approximate surface area is 204 Å². The molecule has 0 bridgehead atoms. The van der Waals surface area contributed by atoms with E-state index in [-0.39, 0.29) is 17.4 Å². The molecule has 1 N–H and O–H groups in total. The summed E-state index contributed by atoms with van der Waals surface area (Å²) in [7, 11) is 1.74. The second kappa shape index (κ2) is 10.6. The predicted molar refractivity (Wildman–Crippen MR) is 133 cm³/mol. The van der Waals surface area contributed by atoms with Gasteiger partial charge in [0.1, 0.15) is 17.6 Å². The van der Waals surface area contributed by atoms with Crippen molar-refractivity contribution < 1.29 is 23.8 Å². The summed E-state index contributed by atoms with van der Waals surface area (Å²) in [6, 6.07) is 8.44. The molecule has 3 atom stereocenters. The number of aryl methyl sites for hydroxylation is 1. The highest BCUT2D eigenvalue weighted by molar-refractivity contribution is 5.76. The van der Waals surface area contributed by atoms with Crippen molar-refractivity contribution in [3.63, 3.8) is 0 Å². The van der Waals surface area contributed by atoms with Gasteiger partial charge in [-0.25, -0.2) is 9.78 Å². The minimum absolute atomic E-state index is 0.0942. The number of aromatic nitrogens is 1. The minimum atomic E-state index is -1.17. The quantitative estimate of drug-likeness (QED) is 0.445. The fraction of sp³-hybridized carbons (Fsp3) is 0.643. The summed E-state index contributed by atoms with van der Waals surface area (Å²) < 4.78 is 18.0. The maximum Gasteiger partial charge on any atom is 0.335 e. The number of carboxylic acid groups (broad SMARTS) is 1. The van der Waals surface area contributed by atoms with E-state index in [1.165, 1.54) is 5.56 Å². The summed E-state index contributed by atoms with van der Waals surface area (Å²) in [5, 5.41) is 9.34. The zero-order chi connectivity index (χ0) is 25.1. The van der Waals surface area contributed by atoms with Gasteiger partial charge in [0.15, 0.2) is 5.60 Å². The summed E-state index contributed by atoms with van der Waals surface area (Å²) in [5.41, 5.74) is 2.05. The fourth-order valence-electron chi connectivity index (χ4n) is 4.75. The van der Waals surface area contributed by atoms with Crippen molar-refractivity contribution in [2.75, 3.05) is 13.7 Å². The summed E-state index contributed by atoms with van der Waals surface area (Å²) in [6.07, 6.45) is 4.65. The van der Waals surface area contributed by atoms with Crippen LogP contribution in [0.4, 0.5) is 0 Å². The van der Waals surface area contributed by atoms with E-state index in [9.17, 15) is 9.90 Å². The first-order valence-corrected chi connectivity index (χ1v) is 12.5. The Balaban J connectivity index is 1.78. The molecule has 1 aromatic carbocycles. The number of methoxy groups -OCH3 is 1. The molecule has 34 heavy (non-hydrogen) atoms. The molecule has 6 nitrogen and oxygen atoms in total. The van der Waals surface area contributed by atoms with Crippen LogP contribution in [0.25, 0.3) is 11.5 Å². The zero-order valence-electron chi connectivity index (χ0n) is 21.8. The third-order valence-electron chi connectivity index (χ3n) is 7.02. The van der Waals surface area contributed by atoms with E-state index in [1.54, 1.807) is 21.0 Å². The van der Waals surface area contributed by atoms with Crippen LogP contribution in [0.5, 0.6) is 0 Å². The number of benzene rings is 1. The molecule has 2 aromatic rings. The number of nitrogens with zero attached hydrogens (tertiary/aromatic N) is 1. The molecule has 1 saturated carbocycles. The number of rotatable bonds is 9. The molecule has 1 aliphatic rings. The molecular formula is C28H41NO5. The predicted octanol–water partition coefficient (Wildman–Crippen LogP) is 6.58. The van der Waals surface area contributed by atoms with E-state index in [0.717, 1.165) is 49.1 Å². The first-order chi connectivity index (χ1) is 16.0. The van der Waals surface area contributed by atoms with Gasteiger partial charge in [0.2, 0.25) is 5.89 Å². The van der Waals surface area contributed by atoms with Crippen molar-refractivity contribution in [2.45, 2.75) is 90.8 Å². The molecule has 1 heterocycles. The number of carbonyl (C=O) groups is 1. The molecular weight excluding hydrogens is 430 g/mol. The molecule has 0 aliphatic heterocycles. The second-order valence-corrected chi connectivity index (χ2v) is 11.1. The van der Waals surface area contributed by atoms with E-state index < -0.39 is 11.6 Å². The molecule has 1 unspecified atom stereocenters. The Morgan fingerprint density at radius 2 is 1.85 bits per heavy atom. The standard InChI is InChI=1S/C28H41NO5/c1-8-22-23(29-25(34-22)19-12-14-21(15-13-19)27(2,3)4)24(32-7)20-11-9-10-18(16-20)17-33-28(5,6)26(30)31/h12-15,18,20,24H,8-11,16-17H2,1-7H3,(H,30,31)/t18-,20+,24?/m0/s1. The van der Waals surface area contributed by atoms with E-state index >= 15 is 0 Å². The fourth-order valence-corrected chi connectivity index (χ4v) is 4.75. The van der Waals surface area contributed by atoms with Gasteiger partial charge in [0, 0.05) is 19.1 Å². The maximum atomic E-state index is 11.4. The average Bonchev–Trinajstić information content (AvgIpc) is 3.22. The summed E-state index contributed by atoms with van der Waals surface area (Å²) in [5.74, 6) is 1.15. The van der Waals surface area contributed by atoms with Crippen LogP contribution in [0, 0.1) is 11.8 Å². The Morgan fingerprint density at radius 1 is 1.18 bits per heavy atom. The van der Waals surface area contributed by atoms with Crippen LogP contribution in [-0.4, -0.2) is 35.4 Å². The van der Waals surface area contributed by atoms with Gasteiger partial charge in [-0.3, -0.25) is 0 Å². The van der Waals surface area contributed by atoms with Gasteiger partial charge in [-0.15, -0.1) is 0 Å². The molecule has 1 aliphatic carbocycles. The highest BCUT2D eigenvalue weighted by Crippen LogP contribution is 2.41. The lowest BCUT2D eigenvalue weighted by atomic mass is 9.78. The van der Waals surface area contributed by atoms with Gasteiger partial charge in [-0.2, -0.15) is 0 Å². The molecule has 3 rings (SSSR count). The topological polar surface area (TPSA) is 81.8 Å². The molecule has 0 radical (unpaired) electrons. The molecule has 1 aromatic heterocycles. The highest BCUT2D eigenvalue weighted by Gasteiger charge is 2.35. The van der Waals surface area contributed by atoms with Crippen LogP contribution in [-0.2, 0) is 26.1 Å². The van der Waals surface area contributed by atoms with E-state index in [4.69, 9.17) is 18.9 Å². The molecule has 0 amide bonds. The second-order valence-electron chi connectivity index (χ2n) is 11.1. The summed E-state index contributed by atoms with van der Waals surface area (Å²) in [4.78, 5) is 16.3. The van der Waals surface area contributed by atoms with Crippen molar-refractivity contribution in [2.24, 2.45) is 11.8 Å². The summed E-state index contributed by atoms with van der Waals surface area (Å²) in [6.45, 7) is 12.3. The number of hydrogen-bond donors (Lipinski definition) is 1. The Bertz CT molecular complexity index is 954. The monoisotopic (exact) mass is 471 g/mol. The number of ether oxygens (including phenoxy) is 2. The molecule has 1 fully saturated rings. The number of oxazole rings is 1. The van der Waals surface area contributed by atoms with E-state index in [0.29, 0.717) is 18.4 Å². The van der Waals surface area contributed by atoms with Crippen LogP contribution in [0.3, 0.4) is 0 Å². The lowest BCUT2D eigenvalue weighted by Crippen LogP contribution is -2.37. The summed E-state index contributed by atoms with van der Waals surface area (Å²) >= 11 is 0.